The van der Waals surface area contributed by atoms with Gasteiger partial charge in [0.15, 0.2) is 6.10 Å². The lowest BCUT2D eigenvalue weighted by atomic mass is 10.1. The molecule has 1 atom stereocenters. The van der Waals surface area contributed by atoms with E-state index in [2.05, 4.69) is 15.6 Å². The highest BCUT2D eigenvalue weighted by molar-refractivity contribution is 5.92. The average Bonchev–Trinajstić information content (AvgIpc) is 3.45. The number of aryl methyl sites for hydroxylation is 1. The summed E-state index contributed by atoms with van der Waals surface area (Å²) in [6.45, 7) is 3.95. The lowest BCUT2D eigenvalue weighted by Crippen LogP contribution is -2.35. The Labute approximate surface area is 153 Å². The molecule has 0 aliphatic heterocycles. The van der Waals surface area contributed by atoms with Gasteiger partial charge < -0.3 is 15.4 Å². The fourth-order valence-corrected chi connectivity index (χ4v) is 2.36. The third-order valence-electron chi connectivity index (χ3n) is 4.17. The SMILES string of the molecule is Cc1ccc(CNC(=O)C(C)OC(=O)c2ccc(NC3CC3)nc2)cc1. The van der Waals surface area contributed by atoms with Crippen LogP contribution in [0.1, 0.15) is 41.3 Å². The second kappa shape index (κ2) is 7.99. The number of aromatic nitrogens is 1. The number of pyridine rings is 1. The Morgan fingerprint density at radius 2 is 1.92 bits per heavy atom. The Kier molecular flexibility index (Phi) is 5.51. The quantitative estimate of drug-likeness (QED) is 0.748. The number of anilines is 1. The van der Waals surface area contributed by atoms with E-state index in [1.165, 1.54) is 6.20 Å². The standard InChI is InChI=1S/C20H23N3O3/c1-13-3-5-15(6-4-13)11-22-19(24)14(2)26-20(25)16-7-10-18(21-12-16)23-17-8-9-17/h3-7,10,12,14,17H,8-9,11H2,1-2H3,(H,21,23)(H,22,24). The third kappa shape index (κ3) is 5.05. The van der Waals surface area contributed by atoms with Gasteiger partial charge in [0.05, 0.1) is 5.56 Å². The summed E-state index contributed by atoms with van der Waals surface area (Å²) < 4.78 is 5.23. The Balaban J connectivity index is 1.47. The first kappa shape index (κ1) is 17.9. The molecule has 0 saturated heterocycles. The van der Waals surface area contributed by atoms with Gasteiger partial charge >= 0.3 is 5.97 Å². The summed E-state index contributed by atoms with van der Waals surface area (Å²) in [7, 11) is 0. The Bertz CT molecular complexity index is 768. The number of esters is 1. The summed E-state index contributed by atoms with van der Waals surface area (Å²) in [6.07, 6.45) is 2.89. The van der Waals surface area contributed by atoms with Crippen LogP contribution in [0.15, 0.2) is 42.6 Å². The molecule has 26 heavy (non-hydrogen) atoms. The molecule has 1 heterocycles. The molecule has 0 spiro atoms. The van der Waals surface area contributed by atoms with Gasteiger partial charge in [0.2, 0.25) is 0 Å². The van der Waals surface area contributed by atoms with E-state index >= 15 is 0 Å². The summed E-state index contributed by atoms with van der Waals surface area (Å²) in [6, 6.07) is 11.8. The molecule has 0 bridgehead atoms. The van der Waals surface area contributed by atoms with Crippen molar-refractivity contribution in [1.29, 1.82) is 0 Å². The maximum atomic E-state index is 12.2. The highest BCUT2D eigenvalue weighted by atomic mass is 16.5. The summed E-state index contributed by atoms with van der Waals surface area (Å²) in [4.78, 5) is 28.5. The molecular weight excluding hydrogens is 330 g/mol. The van der Waals surface area contributed by atoms with E-state index in [0.717, 1.165) is 29.8 Å². The molecule has 2 N–H and O–H groups in total. The van der Waals surface area contributed by atoms with Crippen molar-refractivity contribution in [3.8, 4) is 0 Å². The molecule has 3 rings (SSSR count). The maximum absolute atomic E-state index is 12.2. The molecule has 1 unspecified atom stereocenters. The molecule has 1 amide bonds. The number of carbonyl (C=O) groups is 2. The minimum atomic E-state index is -0.878. The summed E-state index contributed by atoms with van der Waals surface area (Å²) in [5.74, 6) is -0.152. The summed E-state index contributed by atoms with van der Waals surface area (Å²) in [5, 5.41) is 6.02. The monoisotopic (exact) mass is 353 g/mol. The average molecular weight is 353 g/mol. The van der Waals surface area contributed by atoms with Crippen LogP contribution in [0.4, 0.5) is 5.82 Å². The molecule has 2 aromatic rings. The maximum Gasteiger partial charge on any atom is 0.340 e. The molecule has 6 nitrogen and oxygen atoms in total. The number of benzene rings is 1. The minimum Gasteiger partial charge on any atom is -0.449 e. The first-order valence-electron chi connectivity index (χ1n) is 8.78. The van der Waals surface area contributed by atoms with E-state index in [0.29, 0.717) is 18.2 Å². The van der Waals surface area contributed by atoms with Gasteiger partial charge in [-0.25, -0.2) is 9.78 Å². The molecule has 1 saturated carbocycles. The lowest BCUT2D eigenvalue weighted by Gasteiger charge is -2.14. The van der Waals surface area contributed by atoms with E-state index < -0.39 is 12.1 Å². The molecule has 1 fully saturated rings. The molecule has 1 aromatic heterocycles. The van der Waals surface area contributed by atoms with Crippen LogP contribution in [0.25, 0.3) is 0 Å². The Hall–Kier alpha value is -2.89. The first-order chi connectivity index (χ1) is 12.5. The minimum absolute atomic E-state index is 0.324. The van der Waals surface area contributed by atoms with E-state index in [1.807, 2.05) is 31.2 Å². The lowest BCUT2D eigenvalue weighted by molar-refractivity contribution is -0.129. The largest absolute Gasteiger partial charge is 0.449 e. The van der Waals surface area contributed by atoms with Gasteiger partial charge in [0.1, 0.15) is 5.82 Å². The third-order valence-corrected chi connectivity index (χ3v) is 4.17. The molecule has 1 aromatic carbocycles. The first-order valence-corrected chi connectivity index (χ1v) is 8.78. The van der Waals surface area contributed by atoms with Crippen LogP contribution in [0.2, 0.25) is 0 Å². The van der Waals surface area contributed by atoms with Gasteiger partial charge in [-0.2, -0.15) is 0 Å². The van der Waals surface area contributed by atoms with E-state index in [1.54, 1.807) is 19.1 Å². The number of carbonyl (C=O) groups excluding carboxylic acids is 2. The van der Waals surface area contributed by atoms with Crippen LogP contribution in [0, 0.1) is 6.92 Å². The van der Waals surface area contributed by atoms with Gasteiger partial charge in [-0.15, -0.1) is 0 Å². The van der Waals surface area contributed by atoms with E-state index in [4.69, 9.17) is 4.74 Å². The van der Waals surface area contributed by atoms with Crippen molar-refractivity contribution in [1.82, 2.24) is 10.3 Å². The number of hydrogen-bond acceptors (Lipinski definition) is 5. The summed E-state index contributed by atoms with van der Waals surface area (Å²) >= 11 is 0. The van der Waals surface area contributed by atoms with E-state index in [9.17, 15) is 9.59 Å². The fourth-order valence-electron chi connectivity index (χ4n) is 2.36. The number of nitrogens with zero attached hydrogens (tertiary/aromatic N) is 1. The Morgan fingerprint density at radius 3 is 2.54 bits per heavy atom. The van der Waals surface area contributed by atoms with Gasteiger partial charge in [0, 0.05) is 18.8 Å². The van der Waals surface area contributed by atoms with Crippen LogP contribution in [-0.2, 0) is 16.1 Å². The van der Waals surface area contributed by atoms with E-state index in [-0.39, 0.29) is 5.91 Å². The second-order valence-corrected chi connectivity index (χ2v) is 6.60. The predicted octanol–water partition coefficient (Wildman–Crippen LogP) is 2.83. The van der Waals surface area contributed by atoms with Crippen LogP contribution < -0.4 is 10.6 Å². The van der Waals surface area contributed by atoms with Crippen molar-refractivity contribution in [2.24, 2.45) is 0 Å². The van der Waals surface area contributed by atoms with Gasteiger partial charge in [0.25, 0.3) is 5.91 Å². The van der Waals surface area contributed by atoms with Crippen molar-refractivity contribution in [2.75, 3.05) is 5.32 Å². The van der Waals surface area contributed by atoms with Crippen molar-refractivity contribution < 1.29 is 14.3 Å². The van der Waals surface area contributed by atoms with Crippen LogP contribution >= 0.6 is 0 Å². The number of hydrogen-bond donors (Lipinski definition) is 2. The van der Waals surface area contributed by atoms with Gasteiger partial charge in [-0.05, 0) is 44.4 Å². The number of nitrogens with one attached hydrogen (secondary N) is 2. The second-order valence-electron chi connectivity index (χ2n) is 6.60. The zero-order chi connectivity index (χ0) is 18.5. The van der Waals surface area contributed by atoms with Crippen LogP contribution in [0.3, 0.4) is 0 Å². The zero-order valence-corrected chi connectivity index (χ0v) is 15.0. The van der Waals surface area contributed by atoms with Crippen molar-refractivity contribution in [3.05, 3.63) is 59.3 Å². The molecule has 136 valence electrons. The Morgan fingerprint density at radius 1 is 1.19 bits per heavy atom. The number of rotatable bonds is 7. The molecule has 1 aliphatic carbocycles. The zero-order valence-electron chi connectivity index (χ0n) is 15.0. The molecule has 1 aliphatic rings. The van der Waals surface area contributed by atoms with Crippen LogP contribution in [-0.4, -0.2) is 29.0 Å². The molecular formula is C20H23N3O3. The molecule has 0 radical (unpaired) electrons. The smallest absolute Gasteiger partial charge is 0.340 e. The normalized spacial score (nSPS) is 14.4. The number of amides is 1. The molecule has 6 heteroatoms. The van der Waals surface area contributed by atoms with Gasteiger partial charge in [-0.3, -0.25) is 4.79 Å². The highest BCUT2D eigenvalue weighted by Crippen LogP contribution is 2.23. The number of ether oxygens (including phenoxy) is 1. The summed E-state index contributed by atoms with van der Waals surface area (Å²) in [5.41, 5.74) is 2.48. The predicted molar refractivity (Wildman–Crippen MR) is 98.8 cm³/mol. The fraction of sp³-hybridized carbons (Fsp3) is 0.350. The van der Waals surface area contributed by atoms with Crippen molar-refractivity contribution in [2.45, 2.75) is 45.4 Å². The topological polar surface area (TPSA) is 80.3 Å². The highest BCUT2D eigenvalue weighted by Gasteiger charge is 2.22. The van der Waals surface area contributed by atoms with Crippen LogP contribution in [0.5, 0.6) is 0 Å². The van der Waals surface area contributed by atoms with Crippen molar-refractivity contribution >= 4 is 17.7 Å². The van der Waals surface area contributed by atoms with Crippen molar-refractivity contribution in [3.63, 3.8) is 0 Å². The van der Waals surface area contributed by atoms with Gasteiger partial charge in [-0.1, -0.05) is 29.8 Å².